The Labute approximate surface area is 58.7 Å². The number of hydrogen-bond acceptors (Lipinski definition) is 2. The van der Waals surface area contributed by atoms with E-state index in [0.717, 1.165) is 12.2 Å². The molecule has 1 heterocycles. The second kappa shape index (κ2) is 2.35. The van der Waals surface area contributed by atoms with Crippen LogP contribution in [0.25, 0.3) is 0 Å². The van der Waals surface area contributed by atoms with Crippen LogP contribution in [0.1, 0.15) is 12.7 Å². The third-order valence-electron chi connectivity index (χ3n) is 1.07. The van der Waals surface area contributed by atoms with Crippen LogP contribution in [0, 0.1) is 0 Å². The lowest BCUT2D eigenvalue weighted by atomic mass is 10.5. The van der Waals surface area contributed by atoms with Crippen LogP contribution >= 0.6 is 11.6 Å². The van der Waals surface area contributed by atoms with Crippen LogP contribution in [-0.4, -0.2) is 14.8 Å². The van der Waals surface area contributed by atoms with Gasteiger partial charge in [-0.3, -0.25) is 0 Å². The van der Waals surface area contributed by atoms with Crippen LogP contribution in [0.5, 0.6) is 0 Å². The molecule has 0 amide bonds. The van der Waals surface area contributed by atoms with Gasteiger partial charge in [0.2, 0.25) is 5.28 Å². The van der Waals surface area contributed by atoms with Gasteiger partial charge in [0, 0.05) is 13.5 Å². The lowest BCUT2D eigenvalue weighted by Gasteiger charge is -1.83. The zero-order valence-electron chi connectivity index (χ0n) is 5.43. The summed E-state index contributed by atoms with van der Waals surface area (Å²) in [5.74, 6) is 0.794. The van der Waals surface area contributed by atoms with Crippen LogP contribution in [0.3, 0.4) is 0 Å². The zero-order chi connectivity index (χ0) is 6.85. The lowest BCUT2D eigenvalue weighted by Crippen LogP contribution is -1.90. The molecular weight excluding hydrogens is 138 g/mol. The highest BCUT2D eigenvalue weighted by atomic mass is 35.5. The quantitative estimate of drug-likeness (QED) is 0.591. The summed E-state index contributed by atoms with van der Waals surface area (Å²) in [6.45, 7) is 1.99. The largest absolute Gasteiger partial charge is 0.239 e. The molecule has 0 spiro atoms. The lowest BCUT2D eigenvalue weighted by molar-refractivity contribution is 0.747. The maximum Gasteiger partial charge on any atom is 0.220 e. The fraction of sp³-hybridized carbons (Fsp3) is 0.600. The third kappa shape index (κ3) is 1.21. The SMILES string of the molecule is CCc1nc(Cl)n(C)n1. The standard InChI is InChI=1S/C5H8ClN3/c1-3-4-7-5(6)9(2)8-4/h3H2,1-2H3. The molecule has 4 heteroatoms. The maximum absolute atomic E-state index is 5.60. The van der Waals surface area contributed by atoms with E-state index in [-0.39, 0.29) is 0 Å². The Morgan fingerprint density at radius 2 is 2.33 bits per heavy atom. The van der Waals surface area contributed by atoms with Crippen molar-refractivity contribution in [1.29, 1.82) is 0 Å². The van der Waals surface area contributed by atoms with Gasteiger partial charge in [-0.1, -0.05) is 6.92 Å². The van der Waals surface area contributed by atoms with Crippen LogP contribution in [0.4, 0.5) is 0 Å². The average Bonchev–Trinajstić information content (AvgIpc) is 2.13. The van der Waals surface area contributed by atoms with Gasteiger partial charge in [0.05, 0.1) is 0 Å². The van der Waals surface area contributed by atoms with Gasteiger partial charge in [0.25, 0.3) is 0 Å². The molecule has 0 radical (unpaired) electrons. The Hall–Kier alpha value is -0.570. The van der Waals surface area contributed by atoms with Crippen molar-refractivity contribution in [2.24, 2.45) is 7.05 Å². The maximum atomic E-state index is 5.60. The van der Waals surface area contributed by atoms with Crippen molar-refractivity contribution in [1.82, 2.24) is 14.8 Å². The number of rotatable bonds is 1. The smallest absolute Gasteiger partial charge is 0.220 e. The molecule has 1 aromatic heterocycles. The molecule has 1 aromatic rings. The highest BCUT2D eigenvalue weighted by Crippen LogP contribution is 2.02. The topological polar surface area (TPSA) is 30.7 Å². The number of nitrogens with zero attached hydrogens (tertiary/aromatic N) is 3. The van der Waals surface area contributed by atoms with E-state index < -0.39 is 0 Å². The molecule has 50 valence electrons. The second-order valence-electron chi connectivity index (χ2n) is 1.77. The van der Waals surface area contributed by atoms with Gasteiger partial charge in [-0.05, 0) is 11.6 Å². The van der Waals surface area contributed by atoms with Crippen molar-refractivity contribution in [3.63, 3.8) is 0 Å². The van der Waals surface area contributed by atoms with E-state index in [1.54, 1.807) is 11.7 Å². The van der Waals surface area contributed by atoms with Crippen LogP contribution in [0.2, 0.25) is 5.28 Å². The summed E-state index contributed by atoms with van der Waals surface area (Å²) < 4.78 is 1.56. The summed E-state index contributed by atoms with van der Waals surface area (Å²) in [4.78, 5) is 3.95. The van der Waals surface area contributed by atoms with Gasteiger partial charge in [0.1, 0.15) is 0 Å². The molecule has 0 aliphatic carbocycles. The normalized spacial score (nSPS) is 10.1. The molecule has 0 aliphatic heterocycles. The molecule has 0 saturated heterocycles. The minimum absolute atomic E-state index is 0.451. The molecule has 1 rings (SSSR count). The second-order valence-corrected chi connectivity index (χ2v) is 2.11. The number of hydrogen-bond donors (Lipinski definition) is 0. The predicted octanol–water partition coefficient (Wildman–Crippen LogP) is 1.03. The molecule has 0 unspecified atom stereocenters. The first kappa shape index (κ1) is 6.55. The van der Waals surface area contributed by atoms with Crippen LogP contribution in [-0.2, 0) is 13.5 Å². The summed E-state index contributed by atoms with van der Waals surface area (Å²) in [7, 11) is 1.77. The number of aromatic nitrogens is 3. The van der Waals surface area contributed by atoms with Gasteiger partial charge in [0.15, 0.2) is 5.82 Å². The van der Waals surface area contributed by atoms with E-state index in [0.29, 0.717) is 5.28 Å². The Bertz CT molecular complexity index is 186. The minimum atomic E-state index is 0.451. The average molecular weight is 146 g/mol. The molecule has 0 aliphatic rings. The van der Waals surface area contributed by atoms with Crippen molar-refractivity contribution in [2.75, 3.05) is 0 Å². The highest BCUT2D eigenvalue weighted by Gasteiger charge is 1.99. The molecule has 3 nitrogen and oxygen atoms in total. The fourth-order valence-electron chi connectivity index (χ4n) is 0.565. The summed E-state index contributed by atoms with van der Waals surface area (Å²) in [6, 6.07) is 0. The molecule has 0 saturated carbocycles. The molecular formula is C5H8ClN3. The van der Waals surface area contributed by atoms with E-state index in [9.17, 15) is 0 Å². The van der Waals surface area contributed by atoms with Gasteiger partial charge >= 0.3 is 0 Å². The van der Waals surface area contributed by atoms with Crippen molar-refractivity contribution in [3.8, 4) is 0 Å². The van der Waals surface area contributed by atoms with E-state index in [2.05, 4.69) is 10.1 Å². The molecule has 0 aromatic carbocycles. The van der Waals surface area contributed by atoms with Crippen molar-refractivity contribution in [3.05, 3.63) is 11.1 Å². The van der Waals surface area contributed by atoms with Gasteiger partial charge in [-0.25, -0.2) is 9.67 Å². The van der Waals surface area contributed by atoms with E-state index in [4.69, 9.17) is 11.6 Å². The molecule has 0 atom stereocenters. The van der Waals surface area contributed by atoms with Crippen LogP contribution in [0.15, 0.2) is 0 Å². The third-order valence-corrected chi connectivity index (χ3v) is 1.40. The van der Waals surface area contributed by atoms with Crippen molar-refractivity contribution >= 4 is 11.6 Å². The van der Waals surface area contributed by atoms with E-state index in [1.807, 2.05) is 6.92 Å². The predicted molar refractivity (Wildman–Crippen MR) is 35.4 cm³/mol. The van der Waals surface area contributed by atoms with Gasteiger partial charge in [-0.15, -0.1) is 0 Å². The molecule has 9 heavy (non-hydrogen) atoms. The Balaban J connectivity index is 2.98. The Morgan fingerprint density at radius 1 is 1.67 bits per heavy atom. The molecule has 0 N–H and O–H groups in total. The summed E-state index contributed by atoms with van der Waals surface area (Å²) in [5.41, 5.74) is 0. The van der Waals surface area contributed by atoms with Crippen molar-refractivity contribution in [2.45, 2.75) is 13.3 Å². The highest BCUT2D eigenvalue weighted by molar-refractivity contribution is 6.28. The number of halogens is 1. The van der Waals surface area contributed by atoms with Gasteiger partial charge in [-0.2, -0.15) is 5.10 Å². The summed E-state index contributed by atoms with van der Waals surface area (Å²) >= 11 is 5.60. The summed E-state index contributed by atoms with van der Waals surface area (Å²) in [6.07, 6.45) is 0.834. The fourth-order valence-corrected chi connectivity index (χ4v) is 0.701. The first-order valence-corrected chi connectivity index (χ1v) is 3.17. The van der Waals surface area contributed by atoms with E-state index >= 15 is 0 Å². The summed E-state index contributed by atoms with van der Waals surface area (Å²) in [5, 5.41) is 4.45. The van der Waals surface area contributed by atoms with Crippen molar-refractivity contribution < 1.29 is 0 Å². The zero-order valence-corrected chi connectivity index (χ0v) is 6.18. The van der Waals surface area contributed by atoms with Crippen LogP contribution < -0.4 is 0 Å². The molecule has 0 fully saturated rings. The monoisotopic (exact) mass is 145 g/mol. The minimum Gasteiger partial charge on any atom is -0.239 e. The number of aryl methyl sites for hydroxylation is 2. The molecule has 0 bridgehead atoms. The Kier molecular flexibility index (Phi) is 1.71. The Morgan fingerprint density at radius 3 is 2.56 bits per heavy atom. The first-order valence-electron chi connectivity index (χ1n) is 2.79. The van der Waals surface area contributed by atoms with E-state index in [1.165, 1.54) is 0 Å². The first-order chi connectivity index (χ1) is 4.24. The van der Waals surface area contributed by atoms with Gasteiger partial charge < -0.3 is 0 Å².